The zero-order valence-corrected chi connectivity index (χ0v) is 25.6. The Morgan fingerprint density at radius 2 is 1.67 bits per heavy atom. The van der Waals surface area contributed by atoms with Crippen LogP contribution in [0.1, 0.15) is 68.7 Å². The van der Waals surface area contributed by atoms with E-state index in [1.807, 2.05) is 75.1 Å². The van der Waals surface area contributed by atoms with Crippen molar-refractivity contribution in [2.75, 3.05) is 32.7 Å². The molecule has 0 unspecified atom stereocenters. The van der Waals surface area contributed by atoms with E-state index in [2.05, 4.69) is 29.8 Å². The van der Waals surface area contributed by atoms with Crippen LogP contribution in [0, 0.1) is 5.92 Å². The van der Waals surface area contributed by atoms with Gasteiger partial charge in [0.15, 0.2) is 0 Å². The molecule has 2 aliphatic rings. The van der Waals surface area contributed by atoms with Crippen molar-refractivity contribution in [3.8, 4) is 0 Å². The molecular weight excluding hydrogens is 528 g/mol. The minimum atomic E-state index is -0.461. The molecule has 0 aliphatic carbocycles. The van der Waals surface area contributed by atoms with Gasteiger partial charge in [0, 0.05) is 73.3 Å². The summed E-state index contributed by atoms with van der Waals surface area (Å²) in [5, 5.41) is 1.03. The second-order valence-electron chi connectivity index (χ2n) is 12.7. The van der Waals surface area contributed by atoms with Gasteiger partial charge < -0.3 is 19.5 Å². The minimum absolute atomic E-state index is 0.00639. The van der Waals surface area contributed by atoms with Gasteiger partial charge in [-0.3, -0.25) is 14.5 Å². The molecule has 1 fully saturated rings. The van der Waals surface area contributed by atoms with E-state index < -0.39 is 11.4 Å². The lowest BCUT2D eigenvalue weighted by Crippen LogP contribution is -2.49. The standard InChI is InChI=1S/C34H42N4O4/c1-22(2)31(39)37-16-14-36(15-17-37)19-24-10-9-11-25(18-24)32(40)38-20-27(33(41)42-23(3)4)30-29(34(5,6)21-38)26-12-7-8-13-28(26)35-30/h7-13,18,20,22-23,35H,14-17,19,21H2,1-6H3. The molecule has 1 saturated heterocycles. The number of benzene rings is 2. The van der Waals surface area contributed by atoms with Crippen LogP contribution < -0.4 is 0 Å². The lowest BCUT2D eigenvalue weighted by atomic mass is 9.81. The number of aromatic amines is 1. The molecule has 2 aliphatic heterocycles. The Balaban J connectivity index is 1.42. The van der Waals surface area contributed by atoms with Crippen LogP contribution in [0.3, 0.4) is 0 Å². The Labute approximate surface area is 248 Å². The maximum absolute atomic E-state index is 14.1. The van der Waals surface area contributed by atoms with Crippen molar-refractivity contribution in [3.05, 3.63) is 77.1 Å². The highest BCUT2D eigenvalue weighted by atomic mass is 16.5. The zero-order chi connectivity index (χ0) is 30.2. The van der Waals surface area contributed by atoms with Crippen molar-refractivity contribution in [1.29, 1.82) is 0 Å². The zero-order valence-electron chi connectivity index (χ0n) is 25.6. The van der Waals surface area contributed by atoms with Crippen LogP contribution in [0.5, 0.6) is 0 Å². The predicted octanol–water partition coefficient (Wildman–Crippen LogP) is 5.19. The summed E-state index contributed by atoms with van der Waals surface area (Å²) in [6.07, 6.45) is 1.36. The Morgan fingerprint density at radius 3 is 2.36 bits per heavy atom. The Hall–Kier alpha value is -3.91. The number of rotatable bonds is 6. The van der Waals surface area contributed by atoms with Crippen molar-refractivity contribution in [3.63, 3.8) is 0 Å². The molecule has 3 aromatic rings. The summed E-state index contributed by atoms with van der Waals surface area (Å²) in [7, 11) is 0. The second kappa shape index (κ2) is 11.8. The lowest BCUT2D eigenvalue weighted by Gasteiger charge is -2.35. The van der Waals surface area contributed by atoms with E-state index in [1.54, 1.807) is 11.1 Å². The molecule has 3 heterocycles. The third-order valence-electron chi connectivity index (χ3n) is 8.08. The van der Waals surface area contributed by atoms with Crippen LogP contribution >= 0.6 is 0 Å². The molecule has 0 spiro atoms. The van der Waals surface area contributed by atoms with Crippen LogP contribution in [-0.2, 0) is 26.3 Å². The summed E-state index contributed by atoms with van der Waals surface area (Å²) in [5.41, 5.74) is 4.15. The number of carbonyl (C=O) groups is 3. The fourth-order valence-electron chi connectivity index (χ4n) is 6.10. The number of amides is 2. The first kappa shape index (κ1) is 29.6. The van der Waals surface area contributed by atoms with Crippen molar-refractivity contribution in [2.45, 2.75) is 59.6 Å². The van der Waals surface area contributed by atoms with E-state index in [1.165, 1.54) is 0 Å². The Morgan fingerprint density at radius 1 is 0.952 bits per heavy atom. The molecule has 0 atom stereocenters. The molecule has 2 aromatic carbocycles. The number of piperazine rings is 1. The molecule has 0 radical (unpaired) electrons. The first-order valence-corrected chi connectivity index (χ1v) is 14.9. The summed E-state index contributed by atoms with van der Waals surface area (Å²) < 4.78 is 5.64. The van der Waals surface area contributed by atoms with Crippen LogP contribution in [0.15, 0.2) is 54.7 Å². The number of nitrogens with one attached hydrogen (secondary N) is 1. The summed E-state index contributed by atoms with van der Waals surface area (Å²) in [5.74, 6) is -0.419. The topological polar surface area (TPSA) is 85.9 Å². The molecule has 2 amide bonds. The third-order valence-corrected chi connectivity index (χ3v) is 8.08. The molecule has 8 nitrogen and oxygen atoms in total. The lowest BCUT2D eigenvalue weighted by molar-refractivity contribution is -0.140. The van der Waals surface area contributed by atoms with E-state index in [4.69, 9.17) is 4.74 Å². The van der Waals surface area contributed by atoms with E-state index in [-0.39, 0.29) is 23.8 Å². The molecular formula is C34H42N4O4. The maximum atomic E-state index is 14.1. The molecule has 0 saturated carbocycles. The average molecular weight is 571 g/mol. The number of ether oxygens (including phenoxy) is 1. The number of nitrogens with zero attached hydrogens (tertiary/aromatic N) is 3. The quantitative estimate of drug-likeness (QED) is 0.412. The first-order valence-electron chi connectivity index (χ1n) is 14.9. The van der Waals surface area contributed by atoms with E-state index in [0.717, 1.165) is 35.1 Å². The Kier molecular flexibility index (Phi) is 8.28. The summed E-state index contributed by atoms with van der Waals surface area (Å²) in [4.78, 5) is 49.2. The van der Waals surface area contributed by atoms with Gasteiger partial charge in [-0.05, 0) is 43.2 Å². The predicted molar refractivity (Wildman–Crippen MR) is 165 cm³/mol. The van der Waals surface area contributed by atoms with Crippen LogP contribution in [-0.4, -0.2) is 76.3 Å². The van der Waals surface area contributed by atoms with Gasteiger partial charge in [-0.1, -0.05) is 58.0 Å². The number of carbonyl (C=O) groups excluding carboxylic acids is 3. The van der Waals surface area contributed by atoms with E-state index in [9.17, 15) is 14.4 Å². The number of fused-ring (bicyclic) bond motifs is 3. The first-order chi connectivity index (χ1) is 19.9. The molecule has 1 N–H and O–H groups in total. The van der Waals surface area contributed by atoms with Gasteiger partial charge in [0.2, 0.25) is 5.91 Å². The molecule has 8 heteroatoms. The van der Waals surface area contributed by atoms with Gasteiger partial charge >= 0.3 is 5.97 Å². The number of aromatic nitrogens is 1. The number of para-hydroxylation sites is 1. The minimum Gasteiger partial charge on any atom is -0.459 e. The molecule has 222 valence electrons. The van der Waals surface area contributed by atoms with Gasteiger partial charge in [0.25, 0.3) is 5.91 Å². The highest BCUT2D eigenvalue weighted by molar-refractivity contribution is 6.18. The Bertz CT molecular complexity index is 1530. The van der Waals surface area contributed by atoms with Crippen molar-refractivity contribution < 1.29 is 19.1 Å². The number of hydrogen-bond donors (Lipinski definition) is 1. The van der Waals surface area contributed by atoms with Crippen LogP contribution in [0.2, 0.25) is 0 Å². The SMILES string of the molecule is CC(C)OC(=O)C1=CN(C(=O)c2cccc(CN3CCN(C(=O)C(C)C)CC3)c2)CC(C)(C)c2c1[nH]c1ccccc21. The average Bonchev–Trinajstić information content (AvgIpc) is 3.29. The molecule has 0 bridgehead atoms. The highest BCUT2D eigenvalue weighted by Crippen LogP contribution is 2.40. The molecule has 5 rings (SSSR count). The largest absolute Gasteiger partial charge is 0.459 e. The number of H-pyrrole nitrogens is 1. The second-order valence-corrected chi connectivity index (χ2v) is 12.7. The fourth-order valence-corrected chi connectivity index (χ4v) is 6.10. The van der Waals surface area contributed by atoms with Crippen molar-refractivity contribution in [2.24, 2.45) is 5.92 Å². The van der Waals surface area contributed by atoms with Gasteiger partial charge in [0.05, 0.1) is 17.4 Å². The van der Waals surface area contributed by atoms with Crippen LogP contribution in [0.25, 0.3) is 16.5 Å². The molecule has 1 aromatic heterocycles. The summed E-state index contributed by atoms with van der Waals surface area (Å²) in [6.45, 7) is 15.9. The maximum Gasteiger partial charge on any atom is 0.342 e. The van der Waals surface area contributed by atoms with Gasteiger partial charge in [-0.25, -0.2) is 4.79 Å². The van der Waals surface area contributed by atoms with Gasteiger partial charge in [-0.2, -0.15) is 0 Å². The number of hydrogen-bond acceptors (Lipinski definition) is 5. The smallest absolute Gasteiger partial charge is 0.342 e. The summed E-state index contributed by atoms with van der Waals surface area (Å²) >= 11 is 0. The highest BCUT2D eigenvalue weighted by Gasteiger charge is 2.37. The van der Waals surface area contributed by atoms with E-state index in [0.29, 0.717) is 43.0 Å². The van der Waals surface area contributed by atoms with Crippen LogP contribution in [0.4, 0.5) is 0 Å². The van der Waals surface area contributed by atoms with Crippen molar-refractivity contribution >= 4 is 34.3 Å². The monoisotopic (exact) mass is 570 g/mol. The van der Waals surface area contributed by atoms with Gasteiger partial charge in [-0.15, -0.1) is 0 Å². The fraction of sp³-hybridized carbons (Fsp3) is 0.441. The molecule has 42 heavy (non-hydrogen) atoms. The van der Waals surface area contributed by atoms with Gasteiger partial charge in [0.1, 0.15) is 0 Å². The normalized spacial score (nSPS) is 17.3. The van der Waals surface area contributed by atoms with Crippen molar-refractivity contribution in [1.82, 2.24) is 19.7 Å². The summed E-state index contributed by atoms with van der Waals surface area (Å²) in [6, 6.07) is 15.7. The third kappa shape index (κ3) is 6.00. The number of esters is 1. The van der Waals surface area contributed by atoms with E-state index >= 15 is 0 Å².